The van der Waals surface area contributed by atoms with E-state index < -0.39 is 10.0 Å². The molecule has 1 aromatic heterocycles. The Morgan fingerprint density at radius 2 is 2.29 bits per heavy atom. The first-order valence-corrected chi connectivity index (χ1v) is 6.66. The third-order valence-electron chi connectivity index (χ3n) is 2.38. The second kappa shape index (κ2) is 5.28. The van der Waals surface area contributed by atoms with Gasteiger partial charge in [0.2, 0.25) is 10.0 Å². The molecule has 0 aliphatic heterocycles. The number of sulfonamides is 1. The zero-order chi connectivity index (χ0) is 13.1. The summed E-state index contributed by atoms with van der Waals surface area (Å²) in [6, 6.07) is 0. The topological polar surface area (TPSA) is 116 Å². The average Bonchev–Trinajstić information content (AvgIpc) is 2.65. The predicted octanol–water partition coefficient (Wildman–Crippen LogP) is 0.0548. The van der Waals surface area contributed by atoms with Gasteiger partial charge in [0.1, 0.15) is 4.90 Å². The summed E-state index contributed by atoms with van der Waals surface area (Å²) in [5.74, 6) is -0.0254. The molecule has 17 heavy (non-hydrogen) atoms. The summed E-state index contributed by atoms with van der Waals surface area (Å²) < 4.78 is 25.7. The maximum atomic E-state index is 12.2. The predicted molar refractivity (Wildman–Crippen MR) is 64.3 cm³/mol. The van der Waals surface area contributed by atoms with E-state index in [9.17, 15) is 8.42 Å². The monoisotopic (exact) mass is 259 g/mol. The van der Waals surface area contributed by atoms with Gasteiger partial charge in [-0.1, -0.05) is 6.92 Å². The van der Waals surface area contributed by atoms with Gasteiger partial charge in [-0.2, -0.15) is 9.40 Å². The Kier molecular flexibility index (Phi) is 4.24. The fourth-order valence-electron chi connectivity index (χ4n) is 1.43. The van der Waals surface area contributed by atoms with Gasteiger partial charge in [0.15, 0.2) is 0 Å². The Labute approximate surface area is 101 Å². The highest BCUT2D eigenvalue weighted by Crippen LogP contribution is 2.17. The van der Waals surface area contributed by atoms with Crippen LogP contribution in [-0.2, 0) is 10.0 Å². The Morgan fingerprint density at radius 1 is 1.65 bits per heavy atom. The molecule has 0 aliphatic carbocycles. The fraction of sp³-hybridized carbons (Fsp3) is 0.556. The number of H-pyrrole nitrogens is 1. The van der Waals surface area contributed by atoms with Crippen LogP contribution in [0.5, 0.6) is 0 Å². The minimum Gasteiger partial charge on any atom is -0.388 e. The number of nitrogens with zero attached hydrogens (tertiary/aromatic N) is 2. The molecule has 4 N–H and O–H groups in total. The number of amidine groups is 1. The van der Waals surface area contributed by atoms with Crippen molar-refractivity contribution in [3.63, 3.8) is 0 Å². The van der Waals surface area contributed by atoms with Crippen LogP contribution in [0.15, 0.2) is 11.1 Å². The van der Waals surface area contributed by atoms with Gasteiger partial charge >= 0.3 is 0 Å². The molecular formula is C9H17N5O2S. The Hall–Kier alpha value is -1.41. The minimum absolute atomic E-state index is 0.0254. The number of aryl methyl sites for hydroxylation is 1. The van der Waals surface area contributed by atoms with Gasteiger partial charge in [-0.3, -0.25) is 10.5 Å². The van der Waals surface area contributed by atoms with Crippen molar-refractivity contribution in [2.24, 2.45) is 5.73 Å². The summed E-state index contributed by atoms with van der Waals surface area (Å²) in [6.07, 6.45) is 1.52. The minimum atomic E-state index is -3.55. The van der Waals surface area contributed by atoms with Crippen LogP contribution in [0.2, 0.25) is 0 Å². The molecule has 0 saturated heterocycles. The number of hydrogen-bond donors (Lipinski definition) is 3. The van der Waals surface area contributed by atoms with Crippen LogP contribution in [0, 0.1) is 12.3 Å². The van der Waals surface area contributed by atoms with Crippen molar-refractivity contribution in [1.29, 1.82) is 5.41 Å². The third kappa shape index (κ3) is 3.04. The highest BCUT2D eigenvalue weighted by atomic mass is 32.2. The SMILES string of the molecule is CCN(CCC(=N)N)S(=O)(=O)c1cn[nH]c1C. The van der Waals surface area contributed by atoms with E-state index in [-0.39, 0.29) is 23.7 Å². The fourth-order valence-corrected chi connectivity index (χ4v) is 3.00. The molecule has 1 rings (SSSR count). The van der Waals surface area contributed by atoms with E-state index in [1.165, 1.54) is 10.5 Å². The number of aromatic amines is 1. The molecule has 0 radical (unpaired) electrons. The van der Waals surface area contributed by atoms with Crippen molar-refractivity contribution in [2.45, 2.75) is 25.2 Å². The molecular weight excluding hydrogens is 242 g/mol. The van der Waals surface area contributed by atoms with E-state index >= 15 is 0 Å². The van der Waals surface area contributed by atoms with Crippen molar-refractivity contribution in [3.05, 3.63) is 11.9 Å². The number of nitrogens with one attached hydrogen (secondary N) is 2. The molecule has 96 valence electrons. The lowest BCUT2D eigenvalue weighted by Gasteiger charge is -2.19. The molecule has 0 aliphatic rings. The van der Waals surface area contributed by atoms with E-state index in [0.717, 1.165) is 0 Å². The lowest BCUT2D eigenvalue weighted by Crippen LogP contribution is -2.34. The van der Waals surface area contributed by atoms with Gasteiger partial charge in [0.05, 0.1) is 17.7 Å². The van der Waals surface area contributed by atoms with Crippen LogP contribution in [0.25, 0.3) is 0 Å². The van der Waals surface area contributed by atoms with Crippen LogP contribution in [0.4, 0.5) is 0 Å². The van der Waals surface area contributed by atoms with Crippen LogP contribution >= 0.6 is 0 Å². The lowest BCUT2D eigenvalue weighted by atomic mass is 10.4. The summed E-state index contributed by atoms with van der Waals surface area (Å²) in [5.41, 5.74) is 5.74. The van der Waals surface area contributed by atoms with Crippen molar-refractivity contribution in [1.82, 2.24) is 14.5 Å². The van der Waals surface area contributed by atoms with Crippen LogP contribution in [0.3, 0.4) is 0 Å². The summed E-state index contributed by atoms with van der Waals surface area (Å²) >= 11 is 0. The second-order valence-corrected chi connectivity index (χ2v) is 5.54. The first-order valence-electron chi connectivity index (χ1n) is 5.22. The Bertz CT molecular complexity index is 493. The smallest absolute Gasteiger partial charge is 0.246 e. The molecule has 0 atom stereocenters. The van der Waals surface area contributed by atoms with Gasteiger partial charge in [-0.25, -0.2) is 8.42 Å². The van der Waals surface area contributed by atoms with E-state index in [0.29, 0.717) is 12.2 Å². The first-order chi connectivity index (χ1) is 7.89. The van der Waals surface area contributed by atoms with Crippen LogP contribution in [-0.4, -0.2) is 41.8 Å². The summed E-state index contributed by atoms with van der Waals surface area (Å²) in [6.45, 7) is 3.94. The van der Waals surface area contributed by atoms with E-state index in [1.807, 2.05) is 0 Å². The highest BCUT2D eigenvalue weighted by Gasteiger charge is 2.25. The molecule has 0 amide bonds. The molecule has 0 saturated carbocycles. The van der Waals surface area contributed by atoms with E-state index in [2.05, 4.69) is 10.2 Å². The number of rotatable bonds is 6. The third-order valence-corrected chi connectivity index (χ3v) is 4.47. The first kappa shape index (κ1) is 13.7. The molecule has 1 aromatic rings. The zero-order valence-electron chi connectivity index (χ0n) is 9.90. The largest absolute Gasteiger partial charge is 0.388 e. The van der Waals surface area contributed by atoms with Gasteiger partial charge in [-0.15, -0.1) is 0 Å². The van der Waals surface area contributed by atoms with Gasteiger partial charge < -0.3 is 5.73 Å². The quantitative estimate of drug-likeness (QED) is 0.494. The number of nitrogens with two attached hydrogens (primary N) is 1. The molecule has 0 aromatic carbocycles. The number of hydrogen-bond acceptors (Lipinski definition) is 4. The summed E-state index contributed by atoms with van der Waals surface area (Å²) in [7, 11) is -3.55. The van der Waals surface area contributed by atoms with Gasteiger partial charge in [0.25, 0.3) is 0 Å². The highest BCUT2D eigenvalue weighted by molar-refractivity contribution is 7.89. The second-order valence-electron chi connectivity index (χ2n) is 3.63. The van der Waals surface area contributed by atoms with Crippen molar-refractivity contribution in [3.8, 4) is 0 Å². The summed E-state index contributed by atoms with van der Waals surface area (Å²) in [4.78, 5) is 0.169. The zero-order valence-corrected chi connectivity index (χ0v) is 10.7. The normalized spacial score (nSPS) is 11.9. The Morgan fingerprint density at radius 3 is 2.71 bits per heavy atom. The molecule has 0 unspecified atom stereocenters. The average molecular weight is 259 g/mol. The van der Waals surface area contributed by atoms with Crippen LogP contribution in [0.1, 0.15) is 19.0 Å². The van der Waals surface area contributed by atoms with E-state index in [1.54, 1.807) is 13.8 Å². The molecule has 0 bridgehead atoms. The maximum absolute atomic E-state index is 12.2. The molecule has 0 spiro atoms. The van der Waals surface area contributed by atoms with Gasteiger partial charge in [0, 0.05) is 19.5 Å². The molecule has 1 heterocycles. The van der Waals surface area contributed by atoms with Crippen molar-refractivity contribution in [2.75, 3.05) is 13.1 Å². The molecule has 8 heteroatoms. The van der Waals surface area contributed by atoms with Crippen molar-refractivity contribution >= 4 is 15.9 Å². The summed E-state index contributed by atoms with van der Waals surface area (Å²) in [5, 5.41) is 13.4. The van der Waals surface area contributed by atoms with Crippen LogP contribution < -0.4 is 5.73 Å². The van der Waals surface area contributed by atoms with E-state index in [4.69, 9.17) is 11.1 Å². The maximum Gasteiger partial charge on any atom is 0.246 e. The molecule has 0 fully saturated rings. The number of aromatic nitrogens is 2. The lowest BCUT2D eigenvalue weighted by molar-refractivity contribution is 0.436. The Balaban J connectivity index is 2.95. The van der Waals surface area contributed by atoms with Crippen molar-refractivity contribution < 1.29 is 8.42 Å². The standard InChI is InChI=1S/C9H17N5O2S/c1-3-14(5-4-9(10)11)17(15,16)8-6-12-13-7(8)2/h6H,3-5H2,1-2H3,(H3,10,11)(H,12,13). The van der Waals surface area contributed by atoms with Gasteiger partial charge in [-0.05, 0) is 6.92 Å². The molecule has 7 nitrogen and oxygen atoms in total.